The van der Waals surface area contributed by atoms with Crippen LogP contribution in [0.15, 0.2) is 24.3 Å². The molecule has 3 heteroatoms. The van der Waals surface area contributed by atoms with E-state index in [0.29, 0.717) is 19.5 Å². The average molecular weight is 276 g/mol. The first-order valence-corrected chi connectivity index (χ1v) is 7.76. The van der Waals surface area contributed by atoms with Crippen LogP contribution in [0.4, 0.5) is 5.69 Å². The number of amides is 1. The molecular weight excluding hydrogens is 248 g/mol. The van der Waals surface area contributed by atoms with E-state index in [-0.39, 0.29) is 5.91 Å². The molecule has 0 unspecified atom stereocenters. The lowest BCUT2D eigenvalue weighted by atomic mass is 10.1. The standard InChI is InChI=1S/C17H28N2O/c1-3-4-5-6-8-17(20)19(14-7-13-18)16-11-9-15(2)10-12-16/h9-12H,3-8,13-14,18H2,1-2H3. The molecule has 1 aromatic carbocycles. The van der Waals surface area contributed by atoms with Gasteiger partial charge in [0.15, 0.2) is 0 Å². The maximum atomic E-state index is 12.4. The van der Waals surface area contributed by atoms with Crippen molar-refractivity contribution in [1.82, 2.24) is 0 Å². The van der Waals surface area contributed by atoms with Gasteiger partial charge in [-0.1, -0.05) is 43.9 Å². The van der Waals surface area contributed by atoms with Gasteiger partial charge in [-0.15, -0.1) is 0 Å². The summed E-state index contributed by atoms with van der Waals surface area (Å²) in [7, 11) is 0. The van der Waals surface area contributed by atoms with E-state index in [9.17, 15) is 4.79 Å². The Hall–Kier alpha value is -1.35. The van der Waals surface area contributed by atoms with E-state index in [1.54, 1.807) is 0 Å². The number of benzene rings is 1. The zero-order valence-corrected chi connectivity index (χ0v) is 12.9. The predicted octanol–water partition coefficient (Wildman–Crippen LogP) is 3.65. The lowest BCUT2D eigenvalue weighted by Gasteiger charge is -2.23. The second-order valence-electron chi connectivity index (χ2n) is 5.33. The van der Waals surface area contributed by atoms with Crippen molar-refractivity contribution >= 4 is 11.6 Å². The summed E-state index contributed by atoms with van der Waals surface area (Å²) in [6.45, 7) is 5.57. The number of nitrogens with two attached hydrogens (primary N) is 1. The van der Waals surface area contributed by atoms with Crippen LogP contribution in [0.1, 0.15) is 51.0 Å². The third-order valence-corrected chi connectivity index (χ3v) is 3.48. The number of hydrogen-bond acceptors (Lipinski definition) is 2. The number of rotatable bonds is 9. The molecule has 0 saturated carbocycles. The highest BCUT2D eigenvalue weighted by Crippen LogP contribution is 2.17. The van der Waals surface area contributed by atoms with Crippen LogP contribution >= 0.6 is 0 Å². The molecule has 0 atom stereocenters. The molecule has 0 saturated heterocycles. The van der Waals surface area contributed by atoms with E-state index < -0.39 is 0 Å². The van der Waals surface area contributed by atoms with Crippen LogP contribution in [-0.2, 0) is 4.79 Å². The first-order chi connectivity index (χ1) is 9.69. The minimum absolute atomic E-state index is 0.221. The monoisotopic (exact) mass is 276 g/mol. The maximum Gasteiger partial charge on any atom is 0.226 e. The Labute approximate surface area is 123 Å². The van der Waals surface area contributed by atoms with Crippen LogP contribution in [0, 0.1) is 6.92 Å². The van der Waals surface area contributed by atoms with Gasteiger partial charge in [0.2, 0.25) is 5.91 Å². The van der Waals surface area contributed by atoms with Gasteiger partial charge < -0.3 is 10.6 Å². The van der Waals surface area contributed by atoms with Crippen molar-refractivity contribution in [3.63, 3.8) is 0 Å². The molecule has 0 fully saturated rings. The highest BCUT2D eigenvalue weighted by Gasteiger charge is 2.14. The van der Waals surface area contributed by atoms with Crippen molar-refractivity contribution < 1.29 is 4.79 Å². The van der Waals surface area contributed by atoms with Crippen molar-refractivity contribution in [2.24, 2.45) is 5.73 Å². The van der Waals surface area contributed by atoms with Gasteiger partial charge in [-0.25, -0.2) is 0 Å². The number of anilines is 1. The molecule has 0 aromatic heterocycles. The number of aryl methyl sites for hydroxylation is 1. The first-order valence-electron chi connectivity index (χ1n) is 7.76. The number of carbonyl (C=O) groups excluding carboxylic acids is 1. The zero-order chi connectivity index (χ0) is 14.8. The van der Waals surface area contributed by atoms with Gasteiger partial charge in [-0.05, 0) is 38.4 Å². The molecule has 0 aliphatic rings. The fourth-order valence-corrected chi connectivity index (χ4v) is 2.21. The number of carbonyl (C=O) groups is 1. The highest BCUT2D eigenvalue weighted by molar-refractivity contribution is 5.93. The van der Waals surface area contributed by atoms with Crippen molar-refractivity contribution in [2.75, 3.05) is 18.0 Å². The Bertz CT molecular complexity index is 386. The Morgan fingerprint density at radius 3 is 2.40 bits per heavy atom. The van der Waals surface area contributed by atoms with Gasteiger partial charge in [0.05, 0.1) is 0 Å². The number of unbranched alkanes of at least 4 members (excludes halogenated alkanes) is 3. The summed E-state index contributed by atoms with van der Waals surface area (Å²) >= 11 is 0. The third-order valence-electron chi connectivity index (χ3n) is 3.48. The summed E-state index contributed by atoms with van der Waals surface area (Å²) in [5.41, 5.74) is 7.78. The van der Waals surface area contributed by atoms with E-state index >= 15 is 0 Å². The molecule has 1 amide bonds. The topological polar surface area (TPSA) is 46.3 Å². The molecule has 3 nitrogen and oxygen atoms in total. The van der Waals surface area contributed by atoms with E-state index in [1.807, 2.05) is 17.0 Å². The molecule has 0 aliphatic heterocycles. The molecule has 20 heavy (non-hydrogen) atoms. The molecule has 0 aliphatic carbocycles. The molecule has 1 aromatic rings. The summed E-state index contributed by atoms with van der Waals surface area (Å²) in [5.74, 6) is 0.221. The number of nitrogens with zero attached hydrogens (tertiary/aromatic N) is 1. The Morgan fingerprint density at radius 2 is 1.80 bits per heavy atom. The van der Waals surface area contributed by atoms with Gasteiger partial charge in [-0.3, -0.25) is 4.79 Å². The fraction of sp³-hybridized carbons (Fsp3) is 0.588. The molecule has 0 radical (unpaired) electrons. The van der Waals surface area contributed by atoms with Crippen LogP contribution in [0.5, 0.6) is 0 Å². The van der Waals surface area contributed by atoms with E-state index in [0.717, 1.165) is 24.9 Å². The summed E-state index contributed by atoms with van der Waals surface area (Å²) < 4.78 is 0. The van der Waals surface area contributed by atoms with Gasteiger partial charge in [0.1, 0.15) is 0 Å². The molecule has 0 spiro atoms. The van der Waals surface area contributed by atoms with Crippen molar-refractivity contribution in [2.45, 2.75) is 52.4 Å². The predicted molar refractivity (Wildman–Crippen MR) is 86.0 cm³/mol. The van der Waals surface area contributed by atoms with Gasteiger partial charge in [-0.2, -0.15) is 0 Å². The summed E-state index contributed by atoms with van der Waals surface area (Å²) in [4.78, 5) is 14.3. The third kappa shape index (κ3) is 5.74. The fourth-order valence-electron chi connectivity index (χ4n) is 2.21. The van der Waals surface area contributed by atoms with Gasteiger partial charge in [0.25, 0.3) is 0 Å². The first kappa shape index (κ1) is 16.7. The molecule has 1 rings (SSSR count). The highest BCUT2D eigenvalue weighted by atomic mass is 16.2. The Balaban J connectivity index is 2.62. The van der Waals surface area contributed by atoms with Crippen LogP contribution in [-0.4, -0.2) is 19.0 Å². The number of hydrogen-bond donors (Lipinski definition) is 1. The molecule has 0 heterocycles. The van der Waals surface area contributed by atoms with E-state index in [4.69, 9.17) is 5.73 Å². The quantitative estimate of drug-likeness (QED) is 0.700. The lowest BCUT2D eigenvalue weighted by Crippen LogP contribution is -2.32. The second kappa shape index (κ2) is 9.54. The van der Waals surface area contributed by atoms with Crippen LogP contribution in [0.25, 0.3) is 0 Å². The SMILES string of the molecule is CCCCCCC(=O)N(CCCN)c1ccc(C)cc1. The zero-order valence-electron chi connectivity index (χ0n) is 12.9. The Kier molecular flexibility index (Phi) is 7.97. The summed E-state index contributed by atoms with van der Waals surface area (Å²) in [6.07, 6.45) is 6.01. The van der Waals surface area contributed by atoms with Crippen molar-refractivity contribution in [3.8, 4) is 0 Å². The van der Waals surface area contributed by atoms with Gasteiger partial charge in [0, 0.05) is 18.7 Å². The summed E-state index contributed by atoms with van der Waals surface area (Å²) in [5, 5.41) is 0. The van der Waals surface area contributed by atoms with Crippen molar-refractivity contribution in [3.05, 3.63) is 29.8 Å². The molecule has 0 bridgehead atoms. The van der Waals surface area contributed by atoms with E-state index in [2.05, 4.69) is 26.0 Å². The van der Waals surface area contributed by atoms with Crippen LogP contribution in [0.2, 0.25) is 0 Å². The molecular formula is C17H28N2O. The lowest BCUT2D eigenvalue weighted by molar-refractivity contribution is -0.118. The minimum atomic E-state index is 0.221. The summed E-state index contributed by atoms with van der Waals surface area (Å²) in [6, 6.07) is 8.15. The largest absolute Gasteiger partial charge is 0.330 e. The average Bonchev–Trinajstić information content (AvgIpc) is 2.46. The molecule has 112 valence electrons. The Morgan fingerprint density at radius 1 is 1.10 bits per heavy atom. The minimum Gasteiger partial charge on any atom is -0.330 e. The van der Waals surface area contributed by atoms with Crippen LogP contribution < -0.4 is 10.6 Å². The smallest absolute Gasteiger partial charge is 0.226 e. The van der Waals surface area contributed by atoms with E-state index in [1.165, 1.54) is 18.4 Å². The van der Waals surface area contributed by atoms with Crippen LogP contribution in [0.3, 0.4) is 0 Å². The second-order valence-corrected chi connectivity index (χ2v) is 5.33. The van der Waals surface area contributed by atoms with Gasteiger partial charge >= 0.3 is 0 Å². The molecule has 2 N–H and O–H groups in total. The maximum absolute atomic E-state index is 12.4. The van der Waals surface area contributed by atoms with Crippen molar-refractivity contribution in [1.29, 1.82) is 0 Å². The normalized spacial score (nSPS) is 10.6.